The van der Waals surface area contributed by atoms with Crippen LogP contribution in [0.2, 0.25) is 0 Å². The maximum Gasteiger partial charge on any atom is 0.244 e. The number of carbonyl (C=O) groups excluding carboxylic acids is 1. The summed E-state index contributed by atoms with van der Waals surface area (Å²) < 4.78 is 0. The lowest BCUT2D eigenvalue weighted by atomic mass is 9.86. The minimum Gasteiger partial charge on any atom is -0.322 e. The van der Waals surface area contributed by atoms with Crippen LogP contribution < -0.4 is 5.32 Å². The lowest BCUT2D eigenvalue weighted by Gasteiger charge is -2.38. The van der Waals surface area contributed by atoms with E-state index in [2.05, 4.69) is 31.0 Å². The Balaban J connectivity index is 1.77. The minimum absolute atomic E-state index is 0.141. The number of amides is 1. The van der Waals surface area contributed by atoms with Gasteiger partial charge in [-0.05, 0) is 50.4 Å². The normalized spacial score (nSPS) is 38.8. The van der Waals surface area contributed by atoms with Gasteiger partial charge in [0.25, 0.3) is 0 Å². The summed E-state index contributed by atoms with van der Waals surface area (Å²) in [6.07, 6.45) is 7.35. The zero-order chi connectivity index (χ0) is 12.9. The SMILES string of the molecule is CC1CCC(N2C(=O)C3(CC3)NC2C(C)C)CC1. The molecule has 0 aromatic rings. The molecule has 0 bridgehead atoms. The standard InChI is InChI=1S/C15H26N2O/c1-10(2)13-16-15(8-9-15)14(18)17(13)12-6-4-11(3)5-7-12/h10-13,16H,4-9H2,1-3H3. The largest absolute Gasteiger partial charge is 0.322 e. The van der Waals surface area contributed by atoms with Gasteiger partial charge in [-0.25, -0.2) is 0 Å². The molecule has 1 unspecified atom stereocenters. The molecule has 1 heterocycles. The van der Waals surface area contributed by atoms with E-state index in [-0.39, 0.29) is 11.7 Å². The van der Waals surface area contributed by atoms with E-state index in [1.807, 2.05) is 0 Å². The third-order valence-corrected chi connectivity index (χ3v) is 5.13. The van der Waals surface area contributed by atoms with Crippen molar-refractivity contribution in [3.05, 3.63) is 0 Å². The van der Waals surface area contributed by atoms with Crippen molar-refractivity contribution in [1.29, 1.82) is 0 Å². The van der Waals surface area contributed by atoms with Gasteiger partial charge in [-0.2, -0.15) is 0 Å². The zero-order valence-corrected chi connectivity index (χ0v) is 11.9. The monoisotopic (exact) mass is 250 g/mol. The van der Waals surface area contributed by atoms with Crippen LogP contribution in [0.15, 0.2) is 0 Å². The van der Waals surface area contributed by atoms with Gasteiger partial charge in [-0.15, -0.1) is 0 Å². The molecule has 1 aliphatic heterocycles. The number of rotatable bonds is 2. The molecular formula is C15H26N2O. The average molecular weight is 250 g/mol. The fraction of sp³-hybridized carbons (Fsp3) is 0.933. The zero-order valence-electron chi connectivity index (χ0n) is 11.9. The van der Waals surface area contributed by atoms with Gasteiger partial charge in [0.1, 0.15) is 0 Å². The molecular weight excluding hydrogens is 224 g/mol. The Morgan fingerprint density at radius 3 is 2.33 bits per heavy atom. The van der Waals surface area contributed by atoms with Gasteiger partial charge in [0.15, 0.2) is 0 Å². The van der Waals surface area contributed by atoms with Gasteiger partial charge in [0, 0.05) is 6.04 Å². The molecule has 3 rings (SSSR count). The first kappa shape index (κ1) is 12.5. The third-order valence-electron chi connectivity index (χ3n) is 5.13. The molecule has 3 fully saturated rings. The lowest BCUT2D eigenvalue weighted by Crippen LogP contribution is -2.48. The van der Waals surface area contributed by atoms with E-state index < -0.39 is 0 Å². The van der Waals surface area contributed by atoms with Crippen LogP contribution in [0, 0.1) is 11.8 Å². The summed E-state index contributed by atoms with van der Waals surface area (Å²) in [4.78, 5) is 14.9. The summed E-state index contributed by atoms with van der Waals surface area (Å²) in [6, 6.07) is 0.494. The molecule has 1 spiro atoms. The second kappa shape index (κ2) is 4.22. The maximum absolute atomic E-state index is 12.6. The van der Waals surface area contributed by atoms with Crippen LogP contribution in [0.25, 0.3) is 0 Å². The van der Waals surface area contributed by atoms with Crippen molar-refractivity contribution >= 4 is 5.91 Å². The van der Waals surface area contributed by atoms with Crippen LogP contribution in [-0.2, 0) is 4.79 Å². The van der Waals surface area contributed by atoms with E-state index in [4.69, 9.17) is 0 Å². The molecule has 2 saturated carbocycles. The quantitative estimate of drug-likeness (QED) is 0.816. The van der Waals surface area contributed by atoms with Gasteiger partial charge in [0.2, 0.25) is 5.91 Å². The smallest absolute Gasteiger partial charge is 0.244 e. The van der Waals surface area contributed by atoms with Crippen molar-refractivity contribution in [2.24, 2.45) is 11.8 Å². The van der Waals surface area contributed by atoms with E-state index in [1.165, 1.54) is 25.7 Å². The molecule has 0 aromatic carbocycles. The second-order valence-electron chi connectivity index (χ2n) is 7.04. The molecule has 3 heteroatoms. The van der Waals surface area contributed by atoms with Gasteiger partial charge < -0.3 is 4.90 Å². The first-order chi connectivity index (χ1) is 8.53. The van der Waals surface area contributed by atoms with Crippen molar-refractivity contribution < 1.29 is 4.79 Å². The Morgan fingerprint density at radius 2 is 1.83 bits per heavy atom. The van der Waals surface area contributed by atoms with Crippen LogP contribution in [0.5, 0.6) is 0 Å². The predicted octanol–water partition coefficient (Wildman–Crippen LogP) is 2.51. The summed E-state index contributed by atoms with van der Waals surface area (Å²) in [6.45, 7) is 6.79. The Labute approximate surface area is 110 Å². The van der Waals surface area contributed by atoms with E-state index in [0.717, 1.165) is 18.8 Å². The van der Waals surface area contributed by atoms with Gasteiger partial charge in [0.05, 0.1) is 11.7 Å². The number of nitrogens with one attached hydrogen (secondary N) is 1. The molecule has 1 amide bonds. The summed E-state index contributed by atoms with van der Waals surface area (Å²) in [5.74, 6) is 1.76. The lowest BCUT2D eigenvalue weighted by molar-refractivity contribution is -0.134. The van der Waals surface area contributed by atoms with Crippen molar-refractivity contribution in [2.75, 3.05) is 0 Å². The summed E-state index contributed by atoms with van der Waals surface area (Å²) >= 11 is 0. The molecule has 1 saturated heterocycles. The highest BCUT2D eigenvalue weighted by Gasteiger charge is 2.60. The van der Waals surface area contributed by atoms with Crippen LogP contribution in [0.3, 0.4) is 0 Å². The van der Waals surface area contributed by atoms with Gasteiger partial charge >= 0.3 is 0 Å². The fourth-order valence-corrected chi connectivity index (χ4v) is 3.67. The average Bonchev–Trinajstić information content (AvgIpc) is 3.04. The molecule has 102 valence electrons. The van der Waals surface area contributed by atoms with E-state index in [0.29, 0.717) is 17.9 Å². The number of nitrogens with zero attached hydrogens (tertiary/aromatic N) is 1. The van der Waals surface area contributed by atoms with Crippen LogP contribution in [-0.4, -0.2) is 28.6 Å². The first-order valence-corrected chi connectivity index (χ1v) is 7.64. The van der Waals surface area contributed by atoms with Crippen molar-refractivity contribution in [3.63, 3.8) is 0 Å². The first-order valence-electron chi connectivity index (χ1n) is 7.64. The number of carbonyl (C=O) groups is 1. The molecule has 0 aromatic heterocycles. The van der Waals surface area contributed by atoms with Crippen molar-refractivity contribution in [1.82, 2.24) is 10.2 Å². The van der Waals surface area contributed by atoms with Crippen LogP contribution >= 0.6 is 0 Å². The summed E-state index contributed by atoms with van der Waals surface area (Å²) in [5.41, 5.74) is -0.141. The highest BCUT2D eigenvalue weighted by Crippen LogP contribution is 2.45. The van der Waals surface area contributed by atoms with Crippen molar-refractivity contribution in [3.8, 4) is 0 Å². The van der Waals surface area contributed by atoms with E-state index in [1.54, 1.807) is 0 Å². The molecule has 2 aliphatic carbocycles. The maximum atomic E-state index is 12.6. The molecule has 1 atom stereocenters. The van der Waals surface area contributed by atoms with Gasteiger partial charge in [-0.1, -0.05) is 20.8 Å². The molecule has 3 nitrogen and oxygen atoms in total. The fourth-order valence-electron chi connectivity index (χ4n) is 3.67. The molecule has 0 radical (unpaired) electrons. The highest BCUT2D eigenvalue weighted by atomic mass is 16.2. The predicted molar refractivity (Wildman–Crippen MR) is 72.0 cm³/mol. The van der Waals surface area contributed by atoms with E-state index in [9.17, 15) is 4.79 Å². The highest BCUT2D eigenvalue weighted by molar-refractivity contribution is 5.92. The van der Waals surface area contributed by atoms with Crippen molar-refractivity contribution in [2.45, 2.75) is 77.0 Å². The Bertz CT molecular complexity index is 340. The Kier molecular flexibility index (Phi) is 2.92. The van der Waals surface area contributed by atoms with Gasteiger partial charge in [-0.3, -0.25) is 10.1 Å². The Morgan fingerprint density at radius 1 is 1.22 bits per heavy atom. The molecule has 3 aliphatic rings. The minimum atomic E-state index is -0.141. The molecule has 18 heavy (non-hydrogen) atoms. The number of hydrogen-bond donors (Lipinski definition) is 1. The summed E-state index contributed by atoms with van der Waals surface area (Å²) in [5, 5.41) is 3.63. The van der Waals surface area contributed by atoms with E-state index >= 15 is 0 Å². The second-order valence-corrected chi connectivity index (χ2v) is 7.04. The van der Waals surface area contributed by atoms with Crippen LogP contribution in [0.4, 0.5) is 0 Å². The Hall–Kier alpha value is -0.570. The van der Waals surface area contributed by atoms with Crippen LogP contribution in [0.1, 0.15) is 59.3 Å². The third kappa shape index (κ3) is 1.87. The summed E-state index contributed by atoms with van der Waals surface area (Å²) in [7, 11) is 0. The topological polar surface area (TPSA) is 32.3 Å². The number of hydrogen-bond acceptors (Lipinski definition) is 2. The molecule has 1 N–H and O–H groups in total.